The quantitative estimate of drug-likeness (QED) is 0.834. The first kappa shape index (κ1) is 10.6. The fourth-order valence-electron chi connectivity index (χ4n) is 2.29. The molecule has 0 spiro atoms. The lowest BCUT2D eigenvalue weighted by Crippen LogP contribution is -2.36. The van der Waals surface area contributed by atoms with Gasteiger partial charge in [0.1, 0.15) is 0 Å². The Hall–Kier alpha value is -1.55. The third-order valence-corrected chi connectivity index (χ3v) is 3.35. The largest absolute Gasteiger partial charge is 0.381 e. The zero-order valence-electron chi connectivity index (χ0n) is 9.94. The van der Waals surface area contributed by atoms with Crippen molar-refractivity contribution in [2.24, 2.45) is 5.92 Å². The van der Waals surface area contributed by atoms with Crippen molar-refractivity contribution in [1.29, 1.82) is 0 Å². The summed E-state index contributed by atoms with van der Waals surface area (Å²) in [6, 6.07) is 8.53. The number of aromatic amines is 1. The van der Waals surface area contributed by atoms with Crippen molar-refractivity contribution in [1.82, 2.24) is 9.97 Å². The highest BCUT2D eigenvalue weighted by atomic mass is 16.5. The molecule has 0 aliphatic carbocycles. The molecule has 1 fully saturated rings. The molecule has 90 valence electrons. The van der Waals surface area contributed by atoms with E-state index in [1.807, 2.05) is 24.3 Å². The van der Waals surface area contributed by atoms with Crippen molar-refractivity contribution in [2.45, 2.75) is 19.4 Å². The Balaban J connectivity index is 1.79. The first-order chi connectivity index (χ1) is 8.33. The van der Waals surface area contributed by atoms with E-state index in [4.69, 9.17) is 4.74 Å². The topological polar surface area (TPSA) is 49.9 Å². The van der Waals surface area contributed by atoms with E-state index in [1.165, 1.54) is 0 Å². The van der Waals surface area contributed by atoms with Crippen LogP contribution in [0.25, 0.3) is 11.0 Å². The molecule has 0 bridgehead atoms. The van der Waals surface area contributed by atoms with Crippen LogP contribution in [0.4, 0.5) is 5.95 Å². The summed E-state index contributed by atoms with van der Waals surface area (Å²) in [6.07, 6.45) is 1.04. The van der Waals surface area contributed by atoms with Crippen LogP contribution in [-0.4, -0.2) is 29.2 Å². The van der Waals surface area contributed by atoms with Gasteiger partial charge in [0, 0.05) is 12.6 Å². The second kappa shape index (κ2) is 4.37. The second-order valence-corrected chi connectivity index (χ2v) is 4.69. The summed E-state index contributed by atoms with van der Waals surface area (Å²) >= 11 is 0. The zero-order valence-corrected chi connectivity index (χ0v) is 9.94. The van der Waals surface area contributed by atoms with Gasteiger partial charge in [-0.25, -0.2) is 4.98 Å². The monoisotopic (exact) mass is 231 g/mol. The summed E-state index contributed by atoms with van der Waals surface area (Å²) < 4.78 is 5.44. The van der Waals surface area contributed by atoms with Crippen LogP contribution in [0.5, 0.6) is 0 Å². The van der Waals surface area contributed by atoms with Crippen molar-refractivity contribution in [3.63, 3.8) is 0 Å². The number of hydrogen-bond donors (Lipinski definition) is 2. The smallest absolute Gasteiger partial charge is 0.201 e. The van der Waals surface area contributed by atoms with E-state index in [0.717, 1.165) is 36.6 Å². The highest BCUT2D eigenvalue weighted by Crippen LogP contribution is 2.20. The molecule has 1 aromatic heterocycles. The zero-order chi connectivity index (χ0) is 11.7. The Morgan fingerprint density at radius 3 is 3.12 bits per heavy atom. The molecule has 2 N–H and O–H groups in total. The van der Waals surface area contributed by atoms with E-state index in [2.05, 4.69) is 22.2 Å². The molecule has 1 aliphatic rings. The molecule has 4 nitrogen and oxygen atoms in total. The van der Waals surface area contributed by atoms with Crippen molar-refractivity contribution < 1.29 is 4.74 Å². The first-order valence-corrected chi connectivity index (χ1v) is 6.12. The molecule has 2 atom stereocenters. The maximum absolute atomic E-state index is 5.44. The van der Waals surface area contributed by atoms with E-state index >= 15 is 0 Å². The molecule has 1 aromatic carbocycles. The minimum Gasteiger partial charge on any atom is -0.381 e. The number of fused-ring (bicyclic) bond motifs is 1. The third-order valence-electron chi connectivity index (χ3n) is 3.35. The highest BCUT2D eigenvalue weighted by molar-refractivity contribution is 5.77. The van der Waals surface area contributed by atoms with Crippen LogP contribution in [0, 0.1) is 5.92 Å². The molecule has 17 heavy (non-hydrogen) atoms. The maximum Gasteiger partial charge on any atom is 0.201 e. The van der Waals surface area contributed by atoms with E-state index in [-0.39, 0.29) is 0 Å². The Labute approximate surface area is 100 Å². The minimum absolute atomic E-state index is 0.448. The van der Waals surface area contributed by atoms with Crippen LogP contribution >= 0.6 is 0 Å². The lowest BCUT2D eigenvalue weighted by Gasteiger charge is -2.29. The number of nitrogens with zero attached hydrogens (tertiary/aromatic N) is 1. The normalized spacial score (nSPS) is 25.0. The standard InChI is InChI=1S/C13H17N3O/c1-9-8-17-7-6-10(9)14-13-15-11-4-2-3-5-12(11)16-13/h2-5,9-10H,6-8H2,1H3,(H2,14,15,16). The fourth-order valence-corrected chi connectivity index (χ4v) is 2.29. The van der Waals surface area contributed by atoms with Crippen LogP contribution < -0.4 is 5.32 Å². The molecule has 2 heterocycles. The van der Waals surface area contributed by atoms with Crippen LogP contribution in [0.2, 0.25) is 0 Å². The van der Waals surface area contributed by atoms with E-state index in [1.54, 1.807) is 0 Å². The molecule has 2 unspecified atom stereocenters. The average Bonchev–Trinajstić information content (AvgIpc) is 2.74. The summed E-state index contributed by atoms with van der Waals surface area (Å²) in [5.74, 6) is 1.39. The molecule has 4 heteroatoms. The van der Waals surface area contributed by atoms with Gasteiger partial charge in [0.15, 0.2) is 0 Å². The van der Waals surface area contributed by atoms with E-state index < -0.39 is 0 Å². The Morgan fingerprint density at radius 1 is 1.41 bits per heavy atom. The molecule has 1 aliphatic heterocycles. The Kier molecular flexibility index (Phi) is 2.73. The number of ether oxygens (including phenoxy) is 1. The number of hydrogen-bond acceptors (Lipinski definition) is 3. The molecule has 3 rings (SSSR count). The lowest BCUT2D eigenvalue weighted by molar-refractivity contribution is 0.0536. The van der Waals surface area contributed by atoms with Gasteiger partial charge < -0.3 is 15.0 Å². The van der Waals surface area contributed by atoms with Crippen LogP contribution in [-0.2, 0) is 4.74 Å². The van der Waals surface area contributed by atoms with Gasteiger partial charge in [-0.1, -0.05) is 19.1 Å². The molecule has 0 amide bonds. The minimum atomic E-state index is 0.448. The number of H-pyrrole nitrogens is 1. The number of nitrogens with one attached hydrogen (secondary N) is 2. The van der Waals surface area contributed by atoms with Crippen molar-refractivity contribution >= 4 is 17.0 Å². The second-order valence-electron chi connectivity index (χ2n) is 4.69. The number of para-hydroxylation sites is 2. The number of aromatic nitrogens is 2. The van der Waals surface area contributed by atoms with Crippen molar-refractivity contribution in [3.8, 4) is 0 Å². The van der Waals surface area contributed by atoms with Gasteiger partial charge in [0.2, 0.25) is 5.95 Å². The summed E-state index contributed by atoms with van der Waals surface area (Å²) in [5, 5.41) is 3.47. The third kappa shape index (κ3) is 2.13. The van der Waals surface area contributed by atoms with Gasteiger partial charge >= 0.3 is 0 Å². The van der Waals surface area contributed by atoms with E-state index in [9.17, 15) is 0 Å². The summed E-state index contributed by atoms with van der Waals surface area (Å²) in [4.78, 5) is 7.83. The predicted molar refractivity (Wildman–Crippen MR) is 68.1 cm³/mol. The van der Waals surface area contributed by atoms with Gasteiger partial charge in [0.25, 0.3) is 0 Å². The van der Waals surface area contributed by atoms with Gasteiger partial charge in [-0.05, 0) is 24.5 Å². The summed E-state index contributed by atoms with van der Waals surface area (Å²) in [5.41, 5.74) is 2.09. The van der Waals surface area contributed by atoms with Crippen molar-refractivity contribution in [3.05, 3.63) is 24.3 Å². The summed E-state index contributed by atoms with van der Waals surface area (Å²) in [7, 11) is 0. The Bertz CT molecular complexity index is 475. The predicted octanol–water partition coefficient (Wildman–Crippen LogP) is 2.40. The molecule has 2 aromatic rings. The molecule has 1 saturated heterocycles. The maximum atomic E-state index is 5.44. The van der Waals surface area contributed by atoms with Crippen molar-refractivity contribution in [2.75, 3.05) is 18.5 Å². The van der Waals surface area contributed by atoms with E-state index in [0.29, 0.717) is 12.0 Å². The van der Waals surface area contributed by atoms with Crippen LogP contribution in [0.15, 0.2) is 24.3 Å². The molecule has 0 saturated carbocycles. The van der Waals surface area contributed by atoms with Gasteiger partial charge in [-0.2, -0.15) is 0 Å². The molecular weight excluding hydrogens is 214 g/mol. The number of rotatable bonds is 2. The summed E-state index contributed by atoms with van der Waals surface area (Å²) in [6.45, 7) is 3.87. The Morgan fingerprint density at radius 2 is 2.29 bits per heavy atom. The van der Waals surface area contributed by atoms with Crippen LogP contribution in [0.1, 0.15) is 13.3 Å². The lowest BCUT2D eigenvalue weighted by atomic mass is 9.98. The van der Waals surface area contributed by atoms with Crippen LogP contribution in [0.3, 0.4) is 0 Å². The highest BCUT2D eigenvalue weighted by Gasteiger charge is 2.22. The number of benzene rings is 1. The van der Waals surface area contributed by atoms with Gasteiger partial charge in [0.05, 0.1) is 17.6 Å². The van der Waals surface area contributed by atoms with Gasteiger partial charge in [-0.3, -0.25) is 0 Å². The average molecular weight is 231 g/mol. The fraction of sp³-hybridized carbons (Fsp3) is 0.462. The molecular formula is C13H17N3O. The first-order valence-electron chi connectivity index (χ1n) is 6.12. The van der Waals surface area contributed by atoms with Gasteiger partial charge in [-0.15, -0.1) is 0 Å². The number of imidazole rings is 1. The number of anilines is 1. The molecule has 0 radical (unpaired) electrons. The SMILES string of the molecule is CC1COCCC1Nc1nc2ccccc2[nH]1.